The first-order valence-corrected chi connectivity index (χ1v) is 7.74. The number of hydroxylamine groups is 2. The summed E-state index contributed by atoms with van der Waals surface area (Å²) in [5.41, 5.74) is 2.27. The van der Waals surface area contributed by atoms with Gasteiger partial charge in [-0.1, -0.05) is 74.5 Å². The molecular weight excluding hydrogens is 274 g/mol. The monoisotopic (exact) mass is 295 g/mol. The Morgan fingerprint density at radius 3 is 2.18 bits per heavy atom. The van der Waals surface area contributed by atoms with Gasteiger partial charge in [-0.25, -0.2) is 4.79 Å². The zero-order valence-electron chi connectivity index (χ0n) is 13.0. The van der Waals surface area contributed by atoms with Gasteiger partial charge in [-0.3, -0.25) is 0 Å². The SMILES string of the molecule is CC(C)[C@@H]1C(=O)ON(Cc2ccccc2)[C@H]1c1ccccc1. The van der Waals surface area contributed by atoms with Crippen molar-refractivity contribution < 1.29 is 9.63 Å². The van der Waals surface area contributed by atoms with E-state index in [2.05, 4.69) is 38.1 Å². The van der Waals surface area contributed by atoms with Crippen LogP contribution in [0.25, 0.3) is 0 Å². The second-order valence-corrected chi connectivity index (χ2v) is 6.10. The van der Waals surface area contributed by atoms with Crippen LogP contribution in [0, 0.1) is 11.8 Å². The van der Waals surface area contributed by atoms with Gasteiger partial charge in [0.25, 0.3) is 0 Å². The Morgan fingerprint density at radius 2 is 1.59 bits per heavy atom. The molecule has 0 unspecified atom stereocenters. The summed E-state index contributed by atoms with van der Waals surface area (Å²) in [6.45, 7) is 4.76. The molecule has 0 saturated carbocycles. The van der Waals surface area contributed by atoms with E-state index in [0.29, 0.717) is 6.54 Å². The van der Waals surface area contributed by atoms with Gasteiger partial charge >= 0.3 is 5.97 Å². The van der Waals surface area contributed by atoms with Crippen LogP contribution in [0.4, 0.5) is 0 Å². The molecular formula is C19H21NO2. The van der Waals surface area contributed by atoms with Crippen LogP contribution in [-0.4, -0.2) is 11.0 Å². The van der Waals surface area contributed by atoms with Gasteiger partial charge in [0, 0.05) is 0 Å². The highest BCUT2D eigenvalue weighted by Gasteiger charge is 2.45. The minimum atomic E-state index is -0.133. The molecule has 3 nitrogen and oxygen atoms in total. The quantitative estimate of drug-likeness (QED) is 0.854. The molecule has 3 rings (SSSR count). The lowest BCUT2D eigenvalue weighted by molar-refractivity contribution is -0.178. The molecule has 1 aliphatic rings. The molecule has 1 saturated heterocycles. The van der Waals surface area contributed by atoms with Crippen molar-refractivity contribution in [2.24, 2.45) is 11.8 Å². The molecule has 0 aliphatic carbocycles. The fraction of sp³-hybridized carbons (Fsp3) is 0.316. The number of hydrogen-bond donors (Lipinski definition) is 0. The van der Waals surface area contributed by atoms with E-state index in [4.69, 9.17) is 4.84 Å². The number of nitrogens with zero attached hydrogens (tertiary/aromatic N) is 1. The standard InChI is InChI=1S/C19H21NO2/c1-14(2)17-18(16-11-7-4-8-12-16)20(22-19(17)21)13-15-9-5-3-6-10-15/h3-12,14,17-18H,13H2,1-2H3/t17-,18-/m0/s1. The van der Waals surface area contributed by atoms with Gasteiger partial charge in [0.05, 0.1) is 18.5 Å². The molecule has 1 heterocycles. The first kappa shape index (κ1) is 14.8. The van der Waals surface area contributed by atoms with Gasteiger partial charge in [0.1, 0.15) is 0 Å². The molecule has 22 heavy (non-hydrogen) atoms. The van der Waals surface area contributed by atoms with Crippen molar-refractivity contribution in [3.05, 3.63) is 71.8 Å². The Hall–Kier alpha value is -2.13. The largest absolute Gasteiger partial charge is 0.367 e. The van der Waals surface area contributed by atoms with E-state index < -0.39 is 0 Å². The van der Waals surface area contributed by atoms with Crippen molar-refractivity contribution in [1.29, 1.82) is 0 Å². The third kappa shape index (κ3) is 2.90. The first-order valence-electron chi connectivity index (χ1n) is 7.74. The normalized spacial score (nSPS) is 22.0. The maximum absolute atomic E-state index is 12.3. The number of hydrogen-bond acceptors (Lipinski definition) is 3. The van der Waals surface area contributed by atoms with Gasteiger partial charge in [0.2, 0.25) is 0 Å². The minimum Gasteiger partial charge on any atom is -0.367 e. The predicted octanol–water partition coefficient (Wildman–Crippen LogP) is 3.97. The Morgan fingerprint density at radius 1 is 1.00 bits per heavy atom. The molecule has 0 amide bonds. The highest BCUT2D eigenvalue weighted by Crippen LogP contribution is 2.40. The molecule has 0 bridgehead atoms. The fourth-order valence-corrected chi connectivity index (χ4v) is 3.10. The molecule has 2 aromatic rings. The van der Waals surface area contributed by atoms with Crippen LogP contribution in [0.15, 0.2) is 60.7 Å². The topological polar surface area (TPSA) is 29.5 Å². The summed E-state index contributed by atoms with van der Waals surface area (Å²) < 4.78 is 0. The van der Waals surface area contributed by atoms with Crippen LogP contribution >= 0.6 is 0 Å². The van der Waals surface area contributed by atoms with Crippen LogP contribution in [0.1, 0.15) is 31.0 Å². The van der Waals surface area contributed by atoms with Gasteiger partial charge in [-0.2, -0.15) is 0 Å². The van der Waals surface area contributed by atoms with Crippen molar-refractivity contribution in [1.82, 2.24) is 5.06 Å². The number of carbonyl (C=O) groups is 1. The maximum Gasteiger partial charge on any atom is 0.330 e. The number of benzene rings is 2. The molecule has 1 fully saturated rings. The predicted molar refractivity (Wildman–Crippen MR) is 85.6 cm³/mol. The van der Waals surface area contributed by atoms with Gasteiger partial charge in [-0.15, -0.1) is 5.06 Å². The summed E-state index contributed by atoms with van der Waals surface area (Å²) in [5.74, 6) is -0.0237. The van der Waals surface area contributed by atoms with E-state index in [1.807, 2.05) is 41.5 Å². The molecule has 2 aromatic carbocycles. The molecule has 0 spiro atoms. The van der Waals surface area contributed by atoms with Crippen molar-refractivity contribution in [2.75, 3.05) is 0 Å². The van der Waals surface area contributed by atoms with Gasteiger partial charge < -0.3 is 4.84 Å². The van der Waals surface area contributed by atoms with E-state index in [1.54, 1.807) is 0 Å². The van der Waals surface area contributed by atoms with E-state index >= 15 is 0 Å². The highest BCUT2D eigenvalue weighted by atomic mass is 16.7. The highest BCUT2D eigenvalue weighted by molar-refractivity contribution is 5.75. The van der Waals surface area contributed by atoms with Crippen molar-refractivity contribution in [3.8, 4) is 0 Å². The summed E-state index contributed by atoms with van der Waals surface area (Å²) >= 11 is 0. The van der Waals surface area contributed by atoms with Crippen LogP contribution in [0.2, 0.25) is 0 Å². The zero-order chi connectivity index (χ0) is 15.5. The molecule has 1 aliphatic heterocycles. The minimum absolute atomic E-state index is 0.0334. The second kappa shape index (κ2) is 6.32. The van der Waals surface area contributed by atoms with Gasteiger partial charge in [0.15, 0.2) is 0 Å². The summed E-state index contributed by atoms with van der Waals surface area (Å²) in [6.07, 6.45) is 0. The Kier molecular flexibility index (Phi) is 4.25. The lowest BCUT2D eigenvalue weighted by Crippen LogP contribution is -2.26. The second-order valence-electron chi connectivity index (χ2n) is 6.10. The number of rotatable bonds is 4. The lowest BCUT2D eigenvalue weighted by atomic mass is 9.85. The molecule has 0 aromatic heterocycles. The first-order chi connectivity index (χ1) is 10.7. The van der Waals surface area contributed by atoms with E-state index in [9.17, 15) is 4.79 Å². The third-order valence-electron chi connectivity index (χ3n) is 4.17. The molecule has 2 atom stereocenters. The zero-order valence-corrected chi connectivity index (χ0v) is 13.0. The van der Waals surface area contributed by atoms with Crippen molar-refractivity contribution in [3.63, 3.8) is 0 Å². The summed E-state index contributed by atoms with van der Waals surface area (Å²) in [7, 11) is 0. The van der Waals surface area contributed by atoms with Crippen molar-refractivity contribution in [2.45, 2.75) is 26.4 Å². The van der Waals surface area contributed by atoms with E-state index in [-0.39, 0.29) is 23.8 Å². The fourth-order valence-electron chi connectivity index (χ4n) is 3.10. The molecule has 114 valence electrons. The summed E-state index contributed by atoms with van der Waals surface area (Å²) in [4.78, 5) is 17.9. The molecule has 3 heteroatoms. The summed E-state index contributed by atoms with van der Waals surface area (Å²) in [6, 6.07) is 20.2. The van der Waals surface area contributed by atoms with Crippen LogP contribution in [-0.2, 0) is 16.2 Å². The average molecular weight is 295 g/mol. The summed E-state index contributed by atoms with van der Waals surface area (Å²) in [5, 5.41) is 1.83. The van der Waals surface area contributed by atoms with Crippen LogP contribution in [0.3, 0.4) is 0 Å². The molecule has 0 N–H and O–H groups in total. The van der Waals surface area contributed by atoms with Crippen LogP contribution < -0.4 is 0 Å². The smallest absolute Gasteiger partial charge is 0.330 e. The van der Waals surface area contributed by atoms with Gasteiger partial charge in [-0.05, 0) is 17.0 Å². The average Bonchev–Trinajstić information content (AvgIpc) is 2.85. The number of carbonyl (C=O) groups excluding carboxylic acids is 1. The molecule has 0 radical (unpaired) electrons. The Bertz CT molecular complexity index is 624. The Labute approximate surface area is 131 Å². The lowest BCUT2D eigenvalue weighted by Gasteiger charge is -2.25. The van der Waals surface area contributed by atoms with E-state index in [0.717, 1.165) is 11.1 Å². The van der Waals surface area contributed by atoms with E-state index in [1.165, 1.54) is 0 Å². The van der Waals surface area contributed by atoms with Crippen LogP contribution in [0.5, 0.6) is 0 Å². The third-order valence-corrected chi connectivity index (χ3v) is 4.17. The maximum atomic E-state index is 12.3. The van der Waals surface area contributed by atoms with Crippen molar-refractivity contribution >= 4 is 5.97 Å². The Balaban J connectivity index is 1.92.